The lowest BCUT2D eigenvalue weighted by atomic mass is 10.0. The van der Waals surface area contributed by atoms with Crippen LogP contribution < -0.4 is 4.90 Å². The molecule has 0 bridgehead atoms. The zero-order valence-electron chi connectivity index (χ0n) is 17.8. The first kappa shape index (κ1) is 19.4. The van der Waals surface area contributed by atoms with Gasteiger partial charge in [0.25, 0.3) is 0 Å². The second-order valence-electron chi connectivity index (χ2n) is 9.64. The highest BCUT2D eigenvalue weighted by Gasteiger charge is 2.56. The Balaban J connectivity index is 1.41. The number of imidazole rings is 1. The third kappa shape index (κ3) is 2.97. The van der Waals surface area contributed by atoms with E-state index in [9.17, 15) is 10.4 Å². The summed E-state index contributed by atoms with van der Waals surface area (Å²) < 4.78 is 20.0. The maximum atomic E-state index is 9.81. The van der Waals surface area contributed by atoms with Gasteiger partial charge in [0, 0.05) is 19.2 Å². The van der Waals surface area contributed by atoms with Crippen LogP contribution in [0.3, 0.4) is 0 Å². The van der Waals surface area contributed by atoms with Gasteiger partial charge in [0.1, 0.15) is 30.5 Å². The number of aliphatic hydroxyl groups is 1. The summed E-state index contributed by atoms with van der Waals surface area (Å²) in [5, 5.41) is 24.0. The van der Waals surface area contributed by atoms with Gasteiger partial charge in [-0.3, -0.25) is 0 Å². The molecule has 1 N–H and O–H groups in total. The van der Waals surface area contributed by atoms with Gasteiger partial charge in [-0.1, -0.05) is 6.42 Å². The van der Waals surface area contributed by atoms with Crippen molar-refractivity contribution in [2.75, 3.05) is 24.6 Å². The van der Waals surface area contributed by atoms with E-state index in [1.165, 1.54) is 19.3 Å². The Morgan fingerprint density at radius 2 is 1.97 bits per heavy atom. The van der Waals surface area contributed by atoms with Crippen molar-refractivity contribution in [1.29, 1.82) is 5.26 Å². The van der Waals surface area contributed by atoms with Crippen LogP contribution in [0.15, 0.2) is 12.3 Å². The number of fused-ring (bicyclic) bond motifs is 3. The van der Waals surface area contributed by atoms with Crippen LogP contribution in [-0.4, -0.2) is 63.5 Å². The van der Waals surface area contributed by atoms with E-state index >= 15 is 0 Å². The molecular formula is C22H27N5O4. The van der Waals surface area contributed by atoms with Crippen molar-refractivity contribution < 1.29 is 19.3 Å². The smallest absolute Gasteiger partial charge is 0.177 e. The van der Waals surface area contributed by atoms with Crippen molar-refractivity contribution in [3.63, 3.8) is 0 Å². The molecule has 4 aliphatic rings. The van der Waals surface area contributed by atoms with E-state index in [0.717, 1.165) is 36.3 Å². The highest BCUT2D eigenvalue weighted by Crippen LogP contribution is 2.46. The van der Waals surface area contributed by atoms with E-state index in [1.807, 2.05) is 19.9 Å². The van der Waals surface area contributed by atoms with Gasteiger partial charge < -0.3 is 24.2 Å². The minimum absolute atomic E-state index is 0.160. The minimum atomic E-state index is -0.755. The maximum absolute atomic E-state index is 9.81. The third-order valence-electron chi connectivity index (χ3n) is 7.28. The van der Waals surface area contributed by atoms with Crippen molar-refractivity contribution in [3.05, 3.63) is 23.7 Å². The van der Waals surface area contributed by atoms with E-state index in [2.05, 4.69) is 21.1 Å². The van der Waals surface area contributed by atoms with Gasteiger partial charge in [0.05, 0.1) is 24.2 Å². The summed E-state index contributed by atoms with van der Waals surface area (Å²) in [4.78, 5) is 7.05. The van der Waals surface area contributed by atoms with Crippen LogP contribution in [-0.2, 0) is 14.2 Å². The molecule has 0 amide bonds. The molecule has 0 spiro atoms. The van der Waals surface area contributed by atoms with E-state index in [1.54, 1.807) is 10.7 Å². The van der Waals surface area contributed by atoms with Crippen LogP contribution >= 0.6 is 0 Å². The number of hydrogen-bond donors (Lipinski definition) is 1. The van der Waals surface area contributed by atoms with Gasteiger partial charge in [-0.25, -0.2) is 9.50 Å². The molecule has 0 aromatic carbocycles. The van der Waals surface area contributed by atoms with Crippen LogP contribution in [0.25, 0.3) is 5.65 Å². The Morgan fingerprint density at radius 3 is 2.68 bits per heavy atom. The molecular weight excluding hydrogens is 398 g/mol. The zero-order valence-corrected chi connectivity index (χ0v) is 17.8. The lowest BCUT2D eigenvalue weighted by Gasteiger charge is -2.23. The van der Waals surface area contributed by atoms with Crippen LogP contribution in [0, 0.1) is 23.2 Å². The lowest BCUT2D eigenvalue weighted by molar-refractivity contribution is -0.191. The Bertz CT molecular complexity index is 1050. The summed E-state index contributed by atoms with van der Waals surface area (Å²) in [6, 6.07) is 4.04. The van der Waals surface area contributed by atoms with Crippen LogP contribution in [0.5, 0.6) is 0 Å². The van der Waals surface area contributed by atoms with Gasteiger partial charge in [-0.05, 0) is 38.5 Å². The summed E-state index contributed by atoms with van der Waals surface area (Å²) in [6.45, 7) is 5.56. The minimum Gasteiger partial charge on any atom is -0.394 e. The van der Waals surface area contributed by atoms with Gasteiger partial charge in [-0.2, -0.15) is 10.4 Å². The molecule has 9 heteroatoms. The molecule has 6 atom stereocenters. The van der Waals surface area contributed by atoms with Gasteiger partial charge in [0.15, 0.2) is 17.1 Å². The fourth-order valence-corrected chi connectivity index (χ4v) is 5.95. The van der Waals surface area contributed by atoms with E-state index < -0.39 is 18.0 Å². The highest BCUT2D eigenvalue weighted by atomic mass is 16.8. The second kappa shape index (κ2) is 6.87. The second-order valence-corrected chi connectivity index (χ2v) is 9.64. The fourth-order valence-electron chi connectivity index (χ4n) is 5.95. The van der Waals surface area contributed by atoms with E-state index in [-0.39, 0.29) is 18.8 Å². The number of ether oxygens (including phenoxy) is 3. The summed E-state index contributed by atoms with van der Waals surface area (Å²) in [6.07, 6.45) is 3.90. The largest absolute Gasteiger partial charge is 0.394 e. The molecule has 0 radical (unpaired) electrons. The molecule has 4 fully saturated rings. The number of hydrogen-bond acceptors (Lipinski definition) is 8. The molecule has 31 heavy (non-hydrogen) atoms. The van der Waals surface area contributed by atoms with Crippen molar-refractivity contribution >= 4 is 11.3 Å². The number of aromatic nitrogens is 3. The van der Waals surface area contributed by atoms with Crippen LogP contribution in [0.4, 0.5) is 5.69 Å². The van der Waals surface area contributed by atoms with Crippen molar-refractivity contribution in [2.45, 2.75) is 63.3 Å². The molecule has 1 aliphatic carbocycles. The summed E-state index contributed by atoms with van der Waals surface area (Å²) in [7, 11) is 0. The first-order chi connectivity index (χ1) is 15.0. The van der Waals surface area contributed by atoms with Gasteiger partial charge in [0.2, 0.25) is 0 Å². The molecule has 3 aliphatic heterocycles. The SMILES string of the molecule is CC1(C)O[C@@H]2[C@H](O1)[C@@H](CO)O[C@H]2c1cnc2c(N3CC4CCCC4C3)cc(C#N)nn12. The molecule has 5 heterocycles. The van der Waals surface area contributed by atoms with Crippen molar-refractivity contribution in [1.82, 2.24) is 14.6 Å². The first-order valence-electron chi connectivity index (χ1n) is 11.1. The molecule has 3 saturated heterocycles. The molecule has 2 aromatic heterocycles. The number of nitriles is 1. The maximum Gasteiger partial charge on any atom is 0.177 e. The van der Waals surface area contributed by atoms with Crippen LogP contribution in [0.1, 0.15) is 50.6 Å². The normalized spacial score (nSPS) is 36.1. The number of aliphatic hydroxyl groups excluding tert-OH is 1. The monoisotopic (exact) mass is 425 g/mol. The van der Waals surface area contributed by atoms with Gasteiger partial charge in [-0.15, -0.1) is 0 Å². The predicted molar refractivity (Wildman–Crippen MR) is 109 cm³/mol. The van der Waals surface area contributed by atoms with E-state index in [0.29, 0.717) is 11.4 Å². The van der Waals surface area contributed by atoms with E-state index in [4.69, 9.17) is 14.2 Å². The summed E-state index contributed by atoms with van der Waals surface area (Å²) in [5.41, 5.74) is 2.72. The molecule has 2 unspecified atom stereocenters. The Kier molecular flexibility index (Phi) is 4.31. The summed E-state index contributed by atoms with van der Waals surface area (Å²) in [5.74, 6) is 0.696. The average Bonchev–Trinajstić information content (AvgIpc) is 3.52. The Hall–Kier alpha value is -2.25. The number of rotatable bonds is 3. The summed E-state index contributed by atoms with van der Waals surface area (Å²) >= 11 is 0. The first-order valence-corrected chi connectivity index (χ1v) is 11.1. The topological polar surface area (TPSA) is 105 Å². The molecule has 6 rings (SSSR count). The predicted octanol–water partition coefficient (Wildman–Crippen LogP) is 1.79. The standard InChI is InChI=1S/C22H27N5O4/c1-22(2)30-19-17(11-28)29-18(20(19)31-22)16-8-24-21-15(6-14(7-23)25-27(16)21)26-9-12-4-3-5-13(12)10-26/h6,8,12-13,17-20,28H,3-5,9-11H2,1-2H3/t12?,13?,17-,18+,19-,20+/m1/s1. The quantitative estimate of drug-likeness (QED) is 0.794. The molecule has 2 aromatic rings. The molecule has 9 nitrogen and oxygen atoms in total. The van der Waals surface area contributed by atoms with Crippen LogP contribution in [0.2, 0.25) is 0 Å². The fraction of sp³-hybridized carbons (Fsp3) is 0.682. The lowest BCUT2D eigenvalue weighted by Crippen LogP contribution is -2.31. The number of nitrogens with zero attached hydrogens (tertiary/aromatic N) is 5. The third-order valence-corrected chi connectivity index (χ3v) is 7.28. The van der Waals surface area contributed by atoms with Gasteiger partial charge >= 0.3 is 0 Å². The molecule has 164 valence electrons. The zero-order chi connectivity index (χ0) is 21.3. The Morgan fingerprint density at radius 1 is 1.23 bits per heavy atom. The molecule has 1 saturated carbocycles. The van der Waals surface area contributed by atoms with Crippen molar-refractivity contribution in [2.24, 2.45) is 11.8 Å². The Labute approximate surface area is 180 Å². The highest BCUT2D eigenvalue weighted by molar-refractivity contribution is 5.70. The number of anilines is 1. The average molecular weight is 425 g/mol. The van der Waals surface area contributed by atoms with Crippen molar-refractivity contribution in [3.8, 4) is 6.07 Å².